The maximum atomic E-state index is 13.3. The van der Waals surface area contributed by atoms with Gasteiger partial charge in [0, 0.05) is 49.0 Å². The number of ether oxygens (including phenoxy) is 1. The quantitative estimate of drug-likeness (QED) is 0.297. The zero-order chi connectivity index (χ0) is 30.0. The Kier molecular flexibility index (Phi) is 7.90. The molecule has 1 aromatic heterocycles. The van der Waals surface area contributed by atoms with Crippen LogP contribution in [0, 0.1) is 0 Å². The Morgan fingerprint density at radius 2 is 1.63 bits per heavy atom. The van der Waals surface area contributed by atoms with Gasteiger partial charge in [0.05, 0.1) is 18.3 Å². The summed E-state index contributed by atoms with van der Waals surface area (Å²) in [7, 11) is -2.37. The molecule has 222 valence electrons. The number of hydrogen-bond donors (Lipinski definition) is 2. The largest absolute Gasteiger partial charge is 0.495 e. The minimum absolute atomic E-state index is 0.109. The number of urea groups is 1. The molecule has 2 aliphatic rings. The summed E-state index contributed by atoms with van der Waals surface area (Å²) in [5.74, 6) is 0.894. The molecule has 0 unspecified atom stereocenters. The number of nitrogens with zero attached hydrogens (tertiary/aromatic N) is 3. The lowest BCUT2D eigenvalue weighted by atomic mass is 9.80. The van der Waals surface area contributed by atoms with E-state index in [2.05, 4.69) is 15.0 Å². The average molecular weight is 600 g/mol. The van der Waals surface area contributed by atoms with Crippen LogP contribution in [-0.2, 0) is 10.0 Å². The number of sulfonamides is 1. The third-order valence-corrected chi connectivity index (χ3v) is 9.56. The van der Waals surface area contributed by atoms with E-state index in [4.69, 9.17) is 4.74 Å². The molecule has 0 spiro atoms. The highest BCUT2D eigenvalue weighted by atomic mass is 32.2. The van der Waals surface area contributed by atoms with Crippen molar-refractivity contribution in [3.63, 3.8) is 0 Å². The van der Waals surface area contributed by atoms with Gasteiger partial charge in [-0.1, -0.05) is 30.7 Å². The summed E-state index contributed by atoms with van der Waals surface area (Å²) in [6.45, 7) is 1.52. The van der Waals surface area contributed by atoms with Crippen molar-refractivity contribution >= 4 is 44.2 Å². The second-order valence-corrected chi connectivity index (χ2v) is 12.5. The van der Waals surface area contributed by atoms with Gasteiger partial charge >= 0.3 is 6.03 Å². The number of nitrogens with one attached hydrogen (secondary N) is 2. The van der Waals surface area contributed by atoms with E-state index in [-0.39, 0.29) is 16.8 Å². The van der Waals surface area contributed by atoms with Crippen LogP contribution in [0.3, 0.4) is 0 Å². The van der Waals surface area contributed by atoms with Crippen molar-refractivity contribution in [3.05, 3.63) is 90.1 Å². The number of carbonyl (C=O) groups is 2. The van der Waals surface area contributed by atoms with E-state index in [0.717, 1.165) is 23.8 Å². The molecule has 1 saturated heterocycles. The molecule has 43 heavy (non-hydrogen) atoms. The summed E-state index contributed by atoms with van der Waals surface area (Å²) in [6, 6.07) is 20.5. The van der Waals surface area contributed by atoms with Gasteiger partial charge in [0.2, 0.25) is 0 Å². The number of methoxy groups -OCH3 is 1. The van der Waals surface area contributed by atoms with Crippen LogP contribution < -0.4 is 14.8 Å². The lowest BCUT2D eigenvalue weighted by molar-refractivity contribution is 0.0671. The smallest absolute Gasteiger partial charge is 0.322 e. The van der Waals surface area contributed by atoms with Crippen LogP contribution in [-0.4, -0.2) is 68.4 Å². The van der Waals surface area contributed by atoms with E-state index < -0.39 is 10.0 Å². The Bertz CT molecular complexity index is 1760. The van der Waals surface area contributed by atoms with E-state index in [1.54, 1.807) is 71.6 Å². The molecule has 1 aliphatic carbocycles. The molecular formula is C32H33N5O5S. The SMILES string of the molecule is COc1ccccc1NC(=O)N1CCN(C(=O)c2ccc(NS(=O)(=O)c3cccc4cc(C5CCC5)cnc34)cc2)CC1. The number of amides is 3. The molecule has 2 N–H and O–H groups in total. The van der Waals surface area contributed by atoms with Gasteiger partial charge in [0.1, 0.15) is 10.6 Å². The minimum atomic E-state index is -3.92. The average Bonchev–Trinajstić information content (AvgIpc) is 3.00. The number of fused-ring (bicyclic) bond motifs is 1. The summed E-state index contributed by atoms with van der Waals surface area (Å²) < 4.78 is 34.6. The Hall–Kier alpha value is -4.64. The molecular weight excluding hydrogens is 566 g/mol. The molecule has 4 aromatic rings. The predicted molar refractivity (Wildman–Crippen MR) is 165 cm³/mol. The van der Waals surface area contributed by atoms with Crippen molar-refractivity contribution in [1.29, 1.82) is 0 Å². The lowest BCUT2D eigenvalue weighted by Gasteiger charge is -2.34. The van der Waals surface area contributed by atoms with Gasteiger partial charge in [-0.3, -0.25) is 14.5 Å². The molecule has 0 radical (unpaired) electrons. The highest BCUT2D eigenvalue weighted by molar-refractivity contribution is 7.93. The lowest BCUT2D eigenvalue weighted by Crippen LogP contribution is -2.51. The van der Waals surface area contributed by atoms with E-state index in [1.165, 1.54) is 6.42 Å². The van der Waals surface area contributed by atoms with Crippen LogP contribution >= 0.6 is 0 Å². The number of hydrogen-bond acceptors (Lipinski definition) is 6. The number of para-hydroxylation sites is 3. The van der Waals surface area contributed by atoms with Gasteiger partial charge in [-0.15, -0.1) is 0 Å². The fourth-order valence-electron chi connectivity index (χ4n) is 5.46. The highest BCUT2D eigenvalue weighted by Gasteiger charge is 2.26. The zero-order valence-corrected chi connectivity index (χ0v) is 24.6. The third-order valence-electron chi connectivity index (χ3n) is 8.15. The maximum absolute atomic E-state index is 13.3. The Morgan fingerprint density at radius 1 is 0.907 bits per heavy atom. The van der Waals surface area contributed by atoms with E-state index >= 15 is 0 Å². The van der Waals surface area contributed by atoms with E-state index in [1.807, 2.05) is 24.3 Å². The standard InChI is InChI=1S/C32H33N5O5S/c1-42-28-10-3-2-9-27(28)34-32(39)37-18-16-36(17-19-37)31(38)23-12-14-26(15-13-23)35-43(40,41)29-11-5-8-24-20-25(21-33-30(24)29)22-6-4-7-22/h2-3,5,8-15,20-22,35H,4,6-7,16-19H2,1H3,(H,34,39). The van der Waals surface area contributed by atoms with Crippen molar-refractivity contribution in [1.82, 2.24) is 14.8 Å². The number of carbonyl (C=O) groups excluding carboxylic acids is 2. The number of anilines is 2. The topological polar surface area (TPSA) is 121 Å². The van der Waals surface area contributed by atoms with Crippen molar-refractivity contribution < 1.29 is 22.7 Å². The van der Waals surface area contributed by atoms with Gasteiger partial charge in [-0.25, -0.2) is 13.2 Å². The minimum Gasteiger partial charge on any atom is -0.495 e. The van der Waals surface area contributed by atoms with Crippen molar-refractivity contribution in [3.8, 4) is 5.75 Å². The van der Waals surface area contributed by atoms with E-state index in [0.29, 0.717) is 60.3 Å². The van der Waals surface area contributed by atoms with E-state index in [9.17, 15) is 18.0 Å². The summed E-state index contributed by atoms with van der Waals surface area (Å²) in [6.07, 6.45) is 5.29. The predicted octanol–water partition coefficient (Wildman–Crippen LogP) is 5.30. The van der Waals surface area contributed by atoms with Crippen LogP contribution in [0.4, 0.5) is 16.2 Å². The molecule has 6 rings (SSSR count). The fraction of sp³-hybridized carbons (Fsp3) is 0.281. The number of rotatable bonds is 7. The van der Waals surface area contributed by atoms with Crippen molar-refractivity contribution in [2.45, 2.75) is 30.1 Å². The third kappa shape index (κ3) is 5.98. The van der Waals surface area contributed by atoms with Crippen molar-refractivity contribution in [2.24, 2.45) is 0 Å². The van der Waals surface area contributed by atoms with Crippen LogP contribution in [0.15, 0.2) is 83.9 Å². The Morgan fingerprint density at radius 3 is 2.33 bits per heavy atom. The number of aromatic nitrogens is 1. The Labute approximate surface area is 250 Å². The molecule has 1 saturated carbocycles. The molecule has 0 bridgehead atoms. The first kappa shape index (κ1) is 28.5. The second-order valence-electron chi connectivity index (χ2n) is 10.8. The molecule has 3 amide bonds. The molecule has 10 nitrogen and oxygen atoms in total. The van der Waals surface area contributed by atoms with Crippen LogP contribution in [0.1, 0.15) is 41.1 Å². The normalized spacial score (nSPS) is 15.6. The van der Waals surface area contributed by atoms with Crippen LogP contribution in [0.5, 0.6) is 5.75 Å². The van der Waals surface area contributed by atoms with Crippen LogP contribution in [0.2, 0.25) is 0 Å². The molecule has 3 aromatic carbocycles. The molecule has 2 heterocycles. The van der Waals surface area contributed by atoms with Gasteiger partial charge in [-0.2, -0.15) is 0 Å². The highest BCUT2D eigenvalue weighted by Crippen LogP contribution is 2.37. The molecule has 0 atom stereocenters. The number of pyridine rings is 1. The molecule has 2 fully saturated rings. The van der Waals surface area contributed by atoms with Crippen LogP contribution in [0.25, 0.3) is 10.9 Å². The Balaban J connectivity index is 1.07. The summed E-state index contributed by atoms with van der Waals surface area (Å²) in [5, 5.41) is 3.66. The number of benzene rings is 3. The second kappa shape index (κ2) is 11.9. The molecule has 11 heteroatoms. The summed E-state index contributed by atoms with van der Waals surface area (Å²) in [4.78, 5) is 33.9. The summed E-state index contributed by atoms with van der Waals surface area (Å²) >= 11 is 0. The monoisotopic (exact) mass is 599 g/mol. The van der Waals surface area contributed by atoms with Gasteiger partial charge < -0.3 is 19.9 Å². The number of piperazine rings is 1. The molecule has 1 aliphatic heterocycles. The maximum Gasteiger partial charge on any atom is 0.322 e. The zero-order valence-electron chi connectivity index (χ0n) is 23.8. The van der Waals surface area contributed by atoms with Gasteiger partial charge in [0.25, 0.3) is 15.9 Å². The first-order valence-corrected chi connectivity index (χ1v) is 15.8. The van der Waals surface area contributed by atoms with Gasteiger partial charge in [-0.05, 0) is 72.9 Å². The first-order valence-electron chi connectivity index (χ1n) is 14.3. The van der Waals surface area contributed by atoms with Gasteiger partial charge in [0.15, 0.2) is 0 Å². The fourth-order valence-corrected chi connectivity index (χ4v) is 6.70. The first-order chi connectivity index (χ1) is 20.8. The van der Waals surface area contributed by atoms with Crippen molar-refractivity contribution in [2.75, 3.05) is 43.3 Å². The summed E-state index contributed by atoms with van der Waals surface area (Å²) in [5.41, 5.74) is 2.95.